The summed E-state index contributed by atoms with van der Waals surface area (Å²) in [6, 6.07) is 0. The maximum Gasteiger partial charge on any atom is 0.306 e. The van der Waals surface area contributed by atoms with Gasteiger partial charge >= 0.3 is 17.9 Å². The van der Waals surface area contributed by atoms with Crippen LogP contribution in [0.15, 0.2) is 0 Å². The highest BCUT2D eigenvalue weighted by Gasteiger charge is 2.19. The van der Waals surface area contributed by atoms with Crippen molar-refractivity contribution in [3.63, 3.8) is 0 Å². The van der Waals surface area contributed by atoms with E-state index >= 15 is 0 Å². The van der Waals surface area contributed by atoms with E-state index in [2.05, 4.69) is 34.6 Å². The average molecular weight is 934 g/mol. The summed E-state index contributed by atoms with van der Waals surface area (Å²) in [6.07, 6.45) is 56.7. The first kappa shape index (κ1) is 64.4. The van der Waals surface area contributed by atoms with Gasteiger partial charge in [0.15, 0.2) is 6.10 Å². The lowest BCUT2D eigenvalue weighted by Crippen LogP contribution is -2.30. The van der Waals surface area contributed by atoms with Gasteiger partial charge in [0.25, 0.3) is 0 Å². The fourth-order valence-corrected chi connectivity index (χ4v) is 9.20. The summed E-state index contributed by atoms with van der Waals surface area (Å²) >= 11 is 0. The monoisotopic (exact) mass is 933 g/mol. The van der Waals surface area contributed by atoms with Gasteiger partial charge in [0.1, 0.15) is 13.2 Å². The molecule has 392 valence electrons. The third-order valence-electron chi connectivity index (χ3n) is 14.1. The molecule has 0 bridgehead atoms. The Kier molecular flexibility index (Phi) is 51.5. The summed E-state index contributed by atoms with van der Waals surface area (Å²) in [5.41, 5.74) is 0. The first-order chi connectivity index (χ1) is 32.3. The molecule has 0 saturated carbocycles. The van der Waals surface area contributed by atoms with Crippen LogP contribution in [0, 0.1) is 11.8 Å². The van der Waals surface area contributed by atoms with Crippen LogP contribution in [0.3, 0.4) is 0 Å². The van der Waals surface area contributed by atoms with E-state index in [0.29, 0.717) is 19.3 Å². The van der Waals surface area contributed by atoms with Crippen LogP contribution in [0.25, 0.3) is 0 Å². The number of carbonyl (C=O) groups is 3. The molecule has 0 radical (unpaired) electrons. The molecule has 0 aliphatic rings. The highest BCUT2D eigenvalue weighted by molar-refractivity contribution is 5.71. The number of unbranched alkanes of at least 4 members (excludes halogenated alkanes) is 38. The minimum Gasteiger partial charge on any atom is -0.462 e. The van der Waals surface area contributed by atoms with Crippen molar-refractivity contribution in [1.29, 1.82) is 0 Å². The van der Waals surface area contributed by atoms with Gasteiger partial charge in [-0.2, -0.15) is 0 Å². The van der Waals surface area contributed by atoms with Crippen LogP contribution in [-0.2, 0) is 28.6 Å². The number of esters is 3. The van der Waals surface area contributed by atoms with E-state index < -0.39 is 6.10 Å². The zero-order valence-electron chi connectivity index (χ0n) is 45.3. The smallest absolute Gasteiger partial charge is 0.306 e. The molecule has 6 nitrogen and oxygen atoms in total. The standard InChI is InChI=1S/C60H116O6/c1-6-8-9-10-11-28-35-40-45-50-58(61)64-53-57(66-60(63)52-47-42-37-32-27-23-19-18-21-25-30-34-39-44-49-56(5)7-2)54-65-59(62)51-46-41-36-31-26-22-17-15-13-12-14-16-20-24-29-33-38-43-48-55(3)4/h55-57H,6-54H2,1-5H3/t56?,57-/m1/s1. The molecular formula is C60H116O6. The van der Waals surface area contributed by atoms with Gasteiger partial charge < -0.3 is 14.2 Å². The summed E-state index contributed by atoms with van der Waals surface area (Å²) in [6.45, 7) is 11.5. The molecule has 0 fully saturated rings. The van der Waals surface area contributed by atoms with Gasteiger partial charge in [0, 0.05) is 19.3 Å². The third-order valence-corrected chi connectivity index (χ3v) is 14.1. The molecule has 0 spiro atoms. The van der Waals surface area contributed by atoms with Crippen molar-refractivity contribution in [3.8, 4) is 0 Å². The van der Waals surface area contributed by atoms with Gasteiger partial charge in [0.05, 0.1) is 0 Å². The molecule has 0 aliphatic carbocycles. The van der Waals surface area contributed by atoms with Crippen LogP contribution in [0.2, 0.25) is 0 Å². The molecule has 0 saturated heterocycles. The summed E-state index contributed by atoms with van der Waals surface area (Å²) in [4.78, 5) is 38.1. The van der Waals surface area contributed by atoms with Gasteiger partial charge in [0.2, 0.25) is 0 Å². The summed E-state index contributed by atoms with van der Waals surface area (Å²) in [5, 5.41) is 0. The fourth-order valence-electron chi connectivity index (χ4n) is 9.20. The first-order valence-electron chi connectivity index (χ1n) is 29.8. The van der Waals surface area contributed by atoms with E-state index in [9.17, 15) is 14.4 Å². The average Bonchev–Trinajstić information content (AvgIpc) is 3.30. The zero-order chi connectivity index (χ0) is 48.2. The van der Waals surface area contributed by atoms with E-state index in [1.165, 1.54) is 225 Å². The Hall–Kier alpha value is -1.59. The van der Waals surface area contributed by atoms with Crippen molar-refractivity contribution in [2.45, 2.75) is 343 Å². The number of hydrogen-bond donors (Lipinski definition) is 0. The zero-order valence-corrected chi connectivity index (χ0v) is 45.3. The number of carbonyl (C=O) groups excluding carboxylic acids is 3. The molecule has 6 heteroatoms. The second-order valence-electron chi connectivity index (χ2n) is 21.4. The quantitative estimate of drug-likeness (QED) is 0.0343. The molecule has 0 aromatic carbocycles. The minimum absolute atomic E-state index is 0.0625. The Morgan fingerprint density at radius 3 is 0.864 bits per heavy atom. The van der Waals surface area contributed by atoms with E-state index in [0.717, 1.165) is 69.6 Å². The van der Waals surface area contributed by atoms with E-state index in [1.807, 2.05) is 0 Å². The van der Waals surface area contributed by atoms with Crippen LogP contribution >= 0.6 is 0 Å². The van der Waals surface area contributed by atoms with E-state index in [4.69, 9.17) is 14.2 Å². The molecule has 66 heavy (non-hydrogen) atoms. The molecule has 2 atom stereocenters. The largest absolute Gasteiger partial charge is 0.462 e. The van der Waals surface area contributed by atoms with Gasteiger partial charge in [-0.05, 0) is 31.1 Å². The first-order valence-corrected chi connectivity index (χ1v) is 29.8. The SMILES string of the molecule is CCCCCCCCCCCC(=O)OC[C@H](COC(=O)CCCCCCCCCCCCCCCCCCCCC(C)C)OC(=O)CCCCCCCCCCCCCCCCC(C)CC. The van der Waals surface area contributed by atoms with Crippen LogP contribution in [0.5, 0.6) is 0 Å². The van der Waals surface area contributed by atoms with Gasteiger partial charge in [-0.1, -0.05) is 298 Å². The lowest BCUT2D eigenvalue weighted by molar-refractivity contribution is -0.167. The molecule has 0 aliphatic heterocycles. The lowest BCUT2D eigenvalue weighted by Gasteiger charge is -2.18. The van der Waals surface area contributed by atoms with Crippen molar-refractivity contribution in [3.05, 3.63) is 0 Å². The third kappa shape index (κ3) is 51.8. The maximum atomic E-state index is 12.8. The van der Waals surface area contributed by atoms with E-state index in [1.54, 1.807) is 0 Å². The Labute approximate surface area is 412 Å². The van der Waals surface area contributed by atoms with Crippen molar-refractivity contribution in [2.24, 2.45) is 11.8 Å². The highest BCUT2D eigenvalue weighted by atomic mass is 16.6. The van der Waals surface area contributed by atoms with Crippen molar-refractivity contribution in [1.82, 2.24) is 0 Å². The molecule has 0 aromatic rings. The molecule has 0 heterocycles. The van der Waals surface area contributed by atoms with Gasteiger partial charge in [-0.25, -0.2) is 0 Å². The predicted molar refractivity (Wildman–Crippen MR) is 284 cm³/mol. The van der Waals surface area contributed by atoms with Crippen molar-refractivity contribution in [2.75, 3.05) is 13.2 Å². The second-order valence-corrected chi connectivity index (χ2v) is 21.4. The summed E-state index contributed by atoms with van der Waals surface area (Å²) in [7, 11) is 0. The van der Waals surface area contributed by atoms with E-state index in [-0.39, 0.29) is 31.1 Å². The molecule has 1 unspecified atom stereocenters. The molecular weight excluding hydrogens is 817 g/mol. The molecule has 0 amide bonds. The Bertz CT molecular complexity index is 1010. The summed E-state index contributed by atoms with van der Waals surface area (Å²) in [5.74, 6) is 0.913. The van der Waals surface area contributed by atoms with Crippen molar-refractivity contribution < 1.29 is 28.6 Å². The molecule has 0 aromatic heterocycles. The van der Waals surface area contributed by atoms with Gasteiger partial charge in [-0.3, -0.25) is 14.4 Å². The highest BCUT2D eigenvalue weighted by Crippen LogP contribution is 2.19. The van der Waals surface area contributed by atoms with Crippen LogP contribution in [0.1, 0.15) is 336 Å². The lowest BCUT2D eigenvalue weighted by atomic mass is 9.99. The Balaban J connectivity index is 4.18. The molecule has 0 rings (SSSR count). The summed E-state index contributed by atoms with van der Waals surface area (Å²) < 4.78 is 16.9. The second kappa shape index (κ2) is 52.8. The number of hydrogen-bond acceptors (Lipinski definition) is 6. The Morgan fingerprint density at radius 1 is 0.318 bits per heavy atom. The topological polar surface area (TPSA) is 78.9 Å². The van der Waals surface area contributed by atoms with Crippen molar-refractivity contribution >= 4 is 17.9 Å². The predicted octanol–water partition coefficient (Wildman–Crippen LogP) is 19.7. The van der Waals surface area contributed by atoms with Crippen LogP contribution < -0.4 is 0 Å². The Morgan fingerprint density at radius 2 is 0.576 bits per heavy atom. The fraction of sp³-hybridized carbons (Fsp3) is 0.950. The minimum atomic E-state index is -0.762. The van der Waals surface area contributed by atoms with Crippen LogP contribution in [0.4, 0.5) is 0 Å². The van der Waals surface area contributed by atoms with Crippen LogP contribution in [-0.4, -0.2) is 37.2 Å². The normalized spacial score (nSPS) is 12.5. The maximum absolute atomic E-state index is 12.8. The number of ether oxygens (including phenoxy) is 3. The van der Waals surface area contributed by atoms with Gasteiger partial charge in [-0.15, -0.1) is 0 Å². The number of rotatable bonds is 54. The molecule has 0 N–H and O–H groups in total.